The fourth-order valence-corrected chi connectivity index (χ4v) is 3.51. The number of hydrogen-bond acceptors (Lipinski definition) is 4. The molecule has 1 aliphatic rings. The van der Waals surface area contributed by atoms with Crippen LogP contribution in [-0.2, 0) is 6.54 Å². The first-order valence-corrected chi connectivity index (χ1v) is 9.93. The highest BCUT2D eigenvalue weighted by Gasteiger charge is 2.19. The molecule has 1 amide bonds. The van der Waals surface area contributed by atoms with Crippen molar-refractivity contribution in [3.05, 3.63) is 53.2 Å². The quantitative estimate of drug-likeness (QED) is 0.781. The van der Waals surface area contributed by atoms with Crippen LogP contribution in [0, 0.1) is 6.92 Å². The second-order valence-electron chi connectivity index (χ2n) is 6.36. The summed E-state index contributed by atoms with van der Waals surface area (Å²) >= 11 is 1.63. The summed E-state index contributed by atoms with van der Waals surface area (Å²) in [4.78, 5) is 18.0. The van der Waals surface area contributed by atoms with E-state index in [-0.39, 0.29) is 12.0 Å². The van der Waals surface area contributed by atoms with Gasteiger partial charge in [-0.3, -0.25) is 4.79 Å². The molecule has 1 aromatic heterocycles. The fourth-order valence-electron chi connectivity index (χ4n) is 3.07. The number of benzene rings is 1. The van der Waals surface area contributed by atoms with Crippen LogP contribution < -0.4 is 10.1 Å². The van der Waals surface area contributed by atoms with Crippen LogP contribution in [0.4, 0.5) is 0 Å². The van der Waals surface area contributed by atoms with Crippen molar-refractivity contribution in [2.45, 2.75) is 50.2 Å². The number of nitrogens with one attached hydrogen (secondary N) is 1. The van der Waals surface area contributed by atoms with Crippen molar-refractivity contribution in [3.63, 3.8) is 0 Å². The lowest BCUT2D eigenvalue weighted by molar-refractivity contribution is 0.0949. The summed E-state index contributed by atoms with van der Waals surface area (Å²) in [6.45, 7) is 2.37. The van der Waals surface area contributed by atoms with Crippen molar-refractivity contribution in [1.29, 1.82) is 0 Å². The molecule has 5 heteroatoms. The van der Waals surface area contributed by atoms with Crippen molar-refractivity contribution in [1.82, 2.24) is 10.3 Å². The Morgan fingerprint density at radius 1 is 1.32 bits per heavy atom. The maximum absolute atomic E-state index is 12.6. The van der Waals surface area contributed by atoms with Gasteiger partial charge in [-0.2, -0.15) is 0 Å². The monoisotopic (exact) mass is 356 g/mol. The average molecular weight is 356 g/mol. The number of aryl methyl sites for hydroxylation is 1. The number of hydrogen-bond donors (Lipinski definition) is 1. The molecule has 132 valence electrons. The topological polar surface area (TPSA) is 51.2 Å². The Labute approximate surface area is 153 Å². The molecule has 2 aromatic rings. The van der Waals surface area contributed by atoms with Gasteiger partial charge in [0.05, 0.1) is 0 Å². The Morgan fingerprint density at radius 2 is 2.12 bits per heavy atom. The predicted octanol–water partition coefficient (Wildman–Crippen LogP) is 4.36. The van der Waals surface area contributed by atoms with Gasteiger partial charge in [0.25, 0.3) is 5.91 Å². The predicted molar refractivity (Wildman–Crippen MR) is 101 cm³/mol. The number of ether oxygens (including phenoxy) is 1. The van der Waals surface area contributed by atoms with Crippen molar-refractivity contribution < 1.29 is 9.53 Å². The molecule has 3 rings (SSSR count). The van der Waals surface area contributed by atoms with Crippen LogP contribution in [0.5, 0.6) is 5.88 Å². The lowest BCUT2D eigenvalue weighted by atomic mass is 10.1. The standard InChI is InChI=1S/C20H24N2O2S/c1-14-9-10-17(25-2)12-18(14)19(23)22-13-15-6-5-11-21-20(15)24-16-7-3-4-8-16/h5-6,9-12,16H,3-4,7-8,13H2,1-2H3,(H,22,23). The van der Waals surface area contributed by atoms with E-state index in [2.05, 4.69) is 10.3 Å². The first kappa shape index (κ1) is 17.8. The Kier molecular flexibility index (Phi) is 5.97. The summed E-state index contributed by atoms with van der Waals surface area (Å²) in [7, 11) is 0. The molecule has 1 saturated carbocycles. The lowest BCUT2D eigenvalue weighted by Gasteiger charge is -2.16. The van der Waals surface area contributed by atoms with Gasteiger partial charge < -0.3 is 10.1 Å². The Balaban J connectivity index is 1.68. The minimum Gasteiger partial charge on any atom is -0.474 e. The molecule has 1 aromatic carbocycles. The second-order valence-corrected chi connectivity index (χ2v) is 7.24. The van der Waals surface area contributed by atoms with Gasteiger partial charge in [0.2, 0.25) is 5.88 Å². The molecule has 0 saturated heterocycles. The van der Waals surface area contributed by atoms with Crippen LogP contribution in [0.1, 0.15) is 47.2 Å². The molecule has 1 heterocycles. The highest BCUT2D eigenvalue weighted by molar-refractivity contribution is 7.98. The molecule has 1 aliphatic carbocycles. The molecule has 0 aliphatic heterocycles. The zero-order valence-electron chi connectivity index (χ0n) is 14.7. The summed E-state index contributed by atoms with van der Waals surface area (Å²) in [5.41, 5.74) is 2.61. The van der Waals surface area contributed by atoms with E-state index < -0.39 is 0 Å². The van der Waals surface area contributed by atoms with E-state index in [1.807, 2.05) is 43.5 Å². The van der Waals surface area contributed by atoms with Gasteiger partial charge in [0, 0.05) is 28.8 Å². The number of amides is 1. The van der Waals surface area contributed by atoms with Crippen molar-refractivity contribution in [2.75, 3.05) is 6.26 Å². The zero-order chi connectivity index (χ0) is 17.6. The molecular weight excluding hydrogens is 332 g/mol. The van der Waals surface area contributed by atoms with Gasteiger partial charge in [-0.05, 0) is 62.6 Å². The molecule has 1 fully saturated rings. The molecule has 25 heavy (non-hydrogen) atoms. The van der Waals surface area contributed by atoms with Gasteiger partial charge >= 0.3 is 0 Å². The van der Waals surface area contributed by atoms with E-state index in [1.165, 1.54) is 12.8 Å². The summed E-state index contributed by atoms with van der Waals surface area (Å²) in [6.07, 6.45) is 8.61. The lowest BCUT2D eigenvalue weighted by Crippen LogP contribution is -2.24. The van der Waals surface area contributed by atoms with Crippen LogP contribution >= 0.6 is 11.8 Å². The van der Waals surface area contributed by atoms with Crippen LogP contribution in [0.2, 0.25) is 0 Å². The molecular formula is C20H24N2O2S. The van der Waals surface area contributed by atoms with Crippen molar-refractivity contribution in [2.24, 2.45) is 0 Å². The minimum absolute atomic E-state index is 0.0657. The zero-order valence-corrected chi connectivity index (χ0v) is 15.6. The molecule has 0 radical (unpaired) electrons. The largest absolute Gasteiger partial charge is 0.474 e. The number of thioether (sulfide) groups is 1. The molecule has 1 N–H and O–H groups in total. The number of rotatable bonds is 6. The van der Waals surface area contributed by atoms with Crippen molar-refractivity contribution in [3.8, 4) is 5.88 Å². The first-order chi connectivity index (χ1) is 12.2. The van der Waals surface area contributed by atoms with E-state index in [9.17, 15) is 4.79 Å². The van der Waals surface area contributed by atoms with Crippen LogP contribution in [0.25, 0.3) is 0 Å². The van der Waals surface area contributed by atoms with E-state index in [1.54, 1.807) is 18.0 Å². The van der Waals surface area contributed by atoms with Crippen molar-refractivity contribution >= 4 is 17.7 Å². The number of nitrogens with zero attached hydrogens (tertiary/aromatic N) is 1. The van der Waals surface area contributed by atoms with E-state index in [0.29, 0.717) is 18.0 Å². The number of aromatic nitrogens is 1. The normalized spacial score (nSPS) is 14.5. The fraction of sp³-hybridized carbons (Fsp3) is 0.400. The third kappa shape index (κ3) is 4.54. The number of pyridine rings is 1. The van der Waals surface area contributed by atoms with Gasteiger partial charge in [-0.25, -0.2) is 4.98 Å². The Bertz CT molecular complexity index is 742. The summed E-state index contributed by atoms with van der Waals surface area (Å²) in [5, 5.41) is 3.00. The van der Waals surface area contributed by atoms with Gasteiger partial charge in [0.15, 0.2) is 0 Å². The molecule has 0 atom stereocenters. The smallest absolute Gasteiger partial charge is 0.251 e. The summed E-state index contributed by atoms with van der Waals surface area (Å²) < 4.78 is 6.04. The van der Waals surface area contributed by atoms with Gasteiger partial charge in [0.1, 0.15) is 6.10 Å². The van der Waals surface area contributed by atoms with Gasteiger partial charge in [-0.15, -0.1) is 11.8 Å². The van der Waals surface area contributed by atoms with E-state index in [0.717, 1.165) is 28.9 Å². The van der Waals surface area contributed by atoms with E-state index >= 15 is 0 Å². The maximum Gasteiger partial charge on any atom is 0.251 e. The molecule has 4 nitrogen and oxygen atoms in total. The highest BCUT2D eigenvalue weighted by Crippen LogP contribution is 2.25. The summed E-state index contributed by atoms with van der Waals surface area (Å²) in [5.74, 6) is 0.577. The Hall–Kier alpha value is -2.01. The maximum atomic E-state index is 12.6. The number of carbonyl (C=O) groups excluding carboxylic acids is 1. The third-order valence-corrected chi connectivity index (χ3v) is 5.28. The molecule has 0 spiro atoms. The second kappa shape index (κ2) is 8.39. The summed E-state index contributed by atoms with van der Waals surface area (Å²) in [6, 6.07) is 9.80. The SMILES string of the molecule is CSc1ccc(C)c(C(=O)NCc2cccnc2OC2CCCC2)c1. The Morgan fingerprint density at radius 3 is 2.88 bits per heavy atom. The van der Waals surface area contributed by atoms with Crippen LogP contribution in [0.3, 0.4) is 0 Å². The number of carbonyl (C=O) groups is 1. The average Bonchev–Trinajstić information content (AvgIpc) is 3.14. The molecule has 0 bridgehead atoms. The van der Waals surface area contributed by atoms with Crippen LogP contribution in [0.15, 0.2) is 41.4 Å². The minimum atomic E-state index is -0.0657. The van der Waals surface area contributed by atoms with Crippen LogP contribution in [-0.4, -0.2) is 23.3 Å². The molecule has 0 unspecified atom stereocenters. The van der Waals surface area contributed by atoms with E-state index in [4.69, 9.17) is 4.74 Å². The first-order valence-electron chi connectivity index (χ1n) is 8.71. The highest BCUT2D eigenvalue weighted by atomic mass is 32.2. The van der Waals surface area contributed by atoms with Gasteiger partial charge in [-0.1, -0.05) is 12.1 Å². The third-order valence-electron chi connectivity index (χ3n) is 4.56.